The molecule has 124 valence electrons. The number of rotatable bonds is 4. The lowest BCUT2D eigenvalue weighted by atomic mass is 9.79. The summed E-state index contributed by atoms with van der Waals surface area (Å²) >= 11 is 0. The molecule has 2 rings (SSSR count). The van der Waals surface area contributed by atoms with E-state index in [1.54, 1.807) is 0 Å². The van der Waals surface area contributed by atoms with Gasteiger partial charge in [0.25, 0.3) is 0 Å². The molecule has 0 bridgehead atoms. The second-order valence-electron chi connectivity index (χ2n) is 6.61. The van der Waals surface area contributed by atoms with Crippen molar-refractivity contribution in [3.63, 3.8) is 0 Å². The zero-order valence-corrected chi connectivity index (χ0v) is 14.5. The number of amides is 1. The van der Waals surface area contributed by atoms with Crippen LogP contribution in [0.15, 0.2) is 24.3 Å². The quantitative estimate of drug-likeness (QED) is 0.925. The predicted octanol–water partition coefficient (Wildman–Crippen LogP) is 2.77. The van der Waals surface area contributed by atoms with E-state index >= 15 is 0 Å². The van der Waals surface area contributed by atoms with Gasteiger partial charge in [0, 0.05) is 19.1 Å². The van der Waals surface area contributed by atoms with Gasteiger partial charge in [-0.05, 0) is 36.5 Å². The third kappa shape index (κ3) is 4.89. The van der Waals surface area contributed by atoms with E-state index in [0.29, 0.717) is 13.0 Å². The van der Waals surface area contributed by atoms with Crippen LogP contribution in [0.2, 0.25) is 0 Å². The number of nitrogens with zero attached hydrogens (tertiary/aromatic N) is 1. The predicted molar refractivity (Wildman–Crippen MR) is 91.5 cm³/mol. The van der Waals surface area contributed by atoms with Gasteiger partial charge in [0.15, 0.2) is 0 Å². The molecule has 0 aliphatic carbocycles. The van der Waals surface area contributed by atoms with Crippen LogP contribution < -0.4 is 10.5 Å². The summed E-state index contributed by atoms with van der Waals surface area (Å²) in [5.41, 5.74) is 7.25. The molecule has 4 nitrogen and oxygen atoms in total. The fourth-order valence-electron chi connectivity index (χ4n) is 2.71. The fourth-order valence-corrected chi connectivity index (χ4v) is 2.71. The van der Waals surface area contributed by atoms with E-state index in [-0.39, 0.29) is 29.8 Å². The molecule has 1 atom stereocenters. The second kappa shape index (κ2) is 7.84. The molecule has 0 saturated carbocycles. The minimum atomic E-state index is -0.00862. The number of aryl methyl sites for hydroxylation is 1. The van der Waals surface area contributed by atoms with Crippen LogP contribution in [0, 0.1) is 12.3 Å². The van der Waals surface area contributed by atoms with Crippen molar-refractivity contribution in [2.24, 2.45) is 11.1 Å². The van der Waals surface area contributed by atoms with Crippen LogP contribution in [-0.2, 0) is 4.79 Å². The lowest BCUT2D eigenvalue weighted by Gasteiger charge is -2.42. The molecule has 1 fully saturated rings. The Morgan fingerprint density at radius 3 is 2.82 bits per heavy atom. The fraction of sp³-hybridized carbons (Fsp3) is 0.588. The molecule has 2 N–H and O–H groups in total. The van der Waals surface area contributed by atoms with Gasteiger partial charge in [0.1, 0.15) is 5.75 Å². The van der Waals surface area contributed by atoms with Crippen molar-refractivity contribution in [2.45, 2.75) is 39.7 Å². The van der Waals surface area contributed by atoms with Crippen LogP contribution in [0.25, 0.3) is 0 Å². The Morgan fingerprint density at radius 2 is 2.18 bits per heavy atom. The molecule has 0 radical (unpaired) electrons. The molecule has 1 heterocycles. The van der Waals surface area contributed by atoms with Gasteiger partial charge < -0.3 is 15.4 Å². The van der Waals surface area contributed by atoms with E-state index in [1.165, 1.54) is 0 Å². The van der Waals surface area contributed by atoms with Crippen LogP contribution in [0.3, 0.4) is 0 Å². The molecular weight excluding hydrogens is 300 g/mol. The minimum Gasteiger partial charge on any atom is -0.493 e. The van der Waals surface area contributed by atoms with Crippen LogP contribution >= 0.6 is 12.4 Å². The first-order chi connectivity index (χ1) is 9.88. The summed E-state index contributed by atoms with van der Waals surface area (Å²) in [4.78, 5) is 14.2. The number of ether oxygens (including phenoxy) is 1. The van der Waals surface area contributed by atoms with Crippen molar-refractivity contribution >= 4 is 18.3 Å². The Bertz CT molecular complexity index is 505. The Morgan fingerprint density at radius 1 is 1.45 bits per heavy atom. The summed E-state index contributed by atoms with van der Waals surface area (Å²) < 4.78 is 5.65. The molecule has 1 aliphatic rings. The Kier molecular flexibility index (Phi) is 6.69. The van der Waals surface area contributed by atoms with Gasteiger partial charge in [-0.2, -0.15) is 0 Å². The highest BCUT2D eigenvalue weighted by Gasteiger charge is 2.35. The largest absolute Gasteiger partial charge is 0.493 e. The standard InChI is InChI=1S/C17H26N2O2.ClH/c1-13-5-4-6-14(11-13)21-10-8-16(20)19-9-7-15(18)17(2,3)12-19;/h4-6,11,15H,7-10,12,18H2,1-3H3;1H. The van der Waals surface area contributed by atoms with E-state index in [4.69, 9.17) is 10.5 Å². The van der Waals surface area contributed by atoms with Gasteiger partial charge in [-0.25, -0.2) is 0 Å². The summed E-state index contributed by atoms with van der Waals surface area (Å²) in [6.45, 7) is 8.19. The number of hydrogen-bond donors (Lipinski definition) is 1. The Balaban J connectivity index is 0.00000242. The monoisotopic (exact) mass is 326 g/mol. The number of halogens is 1. The van der Waals surface area contributed by atoms with Gasteiger partial charge in [0.2, 0.25) is 5.91 Å². The van der Waals surface area contributed by atoms with Gasteiger partial charge in [0.05, 0.1) is 13.0 Å². The van der Waals surface area contributed by atoms with Crippen molar-refractivity contribution < 1.29 is 9.53 Å². The molecule has 1 unspecified atom stereocenters. The van der Waals surface area contributed by atoms with Gasteiger partial charge in [-0.15, -0.1) is 12.4 Å². The number of carbonyl (C=O) groups is 1. The Hall–Kier alpha value is -1.26. The molecule has 1 saturated heterocycles. The third-order valence-corrected chi connectivity index (χ3v) is 4.24. The summed E-state index contributed by atoms with van der Waals surface area (Å²) in [6, 6.07) is 8.05. The number of piperidine rings is 1. The SMILES string of the molecule is Cc1cccc(OCCC(=O)N2CCC(N)C(C)(C)C2)c1.Cl. The van der Waals surface area contributed by atoms with E-state index in [0.717, 1.165) is 30.8 Å². The summed E-state index contributed by atoms with van der Waals surface area (Å²) in [5, 5.41) is 0. The zero-order chi connectivity index (χ0) is 15.5. The highest BCUT2D eigenvalue weighted by atomic mass is 35.5. The number of nitrogens with two attached hydrogens (primary N) is 1. The normalized spacial score (nSPS) is 20.2. The number of carbonyl (C=O) groups excluding carboxylic acids is 1. The van der Waals surface area contributed by atoms with Crippen molar-refractivity contribution in [3.05, 3.63) is 29.8 Å². The lowest BCUT2D eigenvalue weighted by molar-refractivity contribution is -0.135. The van der Waals surface area contributed by atoms with Crippen molar-refractivity contribution in [2.75, 3.05) is 19.7 Å². The number of benzene rings is 1. The summed E-state index contributed by atoms with van der Waals surface area (Å²) in [7, 11) is 0. The van der Waals surface area contributed by atoms with Crippen molar-refractivity contribution in [3.8, 4) is 5.75 Å². The molecule has 0 aromatic heterocycles. The first-order valence-electron chi connectivity index (χ1n) is 7.61. The lowest BCUT2D eigenvalue weighted by Crippen LogP contribution is -2.54. The molecule has 5 heteroatoms. The van der Waals surface area contributed by atoms with E-state index in [9.17, 15) is 4.79 Å². The Labute approximate surface area is 139 Å². The average molecular weight is 327 g/mol. The van der Waals surface area contributed by atoms with Crippen LogP contribution in [0.5, 0.6) is 5.75 Å². The summed E-state index contributed by atoms with van der Waals surface area (Å²) in [6.07, 6.45) is 1.29. The maximum atomic E-state index is 12.3. The van der Waals surface area contributed by atoms with E-state index in [1.807, 2.05) is 36.1 Å². The van der Waals surface area contributed by atoms with Gasteiger partial charge >= 0.3 is 0 Å². The third-order valence-electron chi connectivity index (χ3n) is 4.24. The average Bonchev–Trinajstić information content (AvgIpc) is 2.42. The van der Waals surface area contributed by atoms with Gasteiger partial charge in [-0.1, -0.05) is 26.0 Å². The molecule has 0 spiro atoms. The molecular formula is C17H27ClN2O2. The smallest absolute Gasteiger partial charge is 0.226 e. The highest BCUT2D eigenvalue weighted by Crippen LogP contribution is 2.28. The van der Waals surface area contributed by atoms with E-state index in [2.05, 4.69) is 13.8 Å². The van der Waals surface area contributed by atoms with Crippen LogP contribution in [-0.4, -0.2) is 36.5 Å². The minimum absolute atomic E-state index is 0. The first-order valence-corrected chi connectivity index (χ1v) is 7.61. The number of hydrogen-bond acceptors (Lipinski definition) is 3. The van der Waals surface area contributed by atoms with Crippen molar-refractivity contribution in [1.82, 2.24) is 4.90 Å². The zero-order valence-electron chi connectivity index (χ0n) is 13.7. The molecule has 1 aliphatic heterocycles. The van der Waals surface area contributed by atoms with Crippen molar-refractivity contribution in [1.29, 1.82) is 0 Å². The maximum absolute atomic E-state index is 12.3. The van der Waals surface area contributed by atoms with Crippen LogP contribution in [0.4, 0.5) is 0 Å². The number of likely N-dealkylation sites (tertiary alicyclic amines) is 1. The van der Waals surface area contributed by atoms with Crippen LogP contribution in [0.1, 0.15) is 32.3 Å². The first kappa shape index (κ1) is 18.8. The maximum Gasteiger partial charge on any atom is 0.226 e. The molecule has 1 aromatic carbocycles. The molecule has 1 aromatic rings. The highest BCUT2D eigenvalue weighted by molar-refractivity contribution is 5.85. The molecule has 22 heavy (non-hydrogen) atoms. The van der Waals surface area contributed by atoms with E-state index < -0.39 is 0 Å². The summed E-state index contributed by atoms with van der Waals surface area (Å²) in [5.74, 6) is 0.978. The van der Waals surface area contributed by atoms with Gasteiger partial charge in [-0.3, -0.25) is 4.79 Å². The molecule has 1 amide bonds. The topological polar surface area (TPSA) is 55.6 Å². The second-order valence-corrected chi connectivity index (χ2v) is 6.61.